The molecule has 39 heteroatoms. The molecule has 1 unspecified atom stereocenters. The van der Waals surface area contributed by atoms with E-state index >= 15 is 0 Å². The second kappa shape index (κ2) is 34.9. The van der Waals surface area contributed by atoms with E-state index in [0.717, 1.165) is 63.2 Å². The molecule has 12 rings (SSSR count). The second-order valence-electron chi connectivity index (χ2n) is 29.0. The number of rotatable bonds is 42. The Morgan fingerprint density at radius 3 is 1.20 bits per heavy atom. The van der Waals surface area contributed by atoms with Crippen molar-refractivity contribution in [2.45, 2.75) is 116 Å². The normalized spacial score (nSPS) is 17.3. The summed E-state index contributed by atoms with van der Waals surface area (Å²) in [6.45, 7) is 15.0. The molecule has 8 heterocycles. The molecule has 6 aromatic rings. The topological polar surface area (TPSA) is 378 Å². The van der Waals surface area contributed by atoms with Crippen LogP contribution in [0.5, 0.6) is 0 Å². The van der Waals surface area contributed by atoms with Gasteiger partial charge in [-0.2, -0.15) is 0 Å². The fourth-order valence-corrected chi connectivity index (χ4v) is 41.4. The minimum atomic E-state index is -7.36. The third-order valence-electron chi connectivity index (χ3n) is 21.0. The van der Waals surface area contributed by atoms with Crippen molar-refractivity contribution in [3.8, 4) is 0 Å². The predicted octanol–water partition coefficient (Wildman–Crippen LogP) is -6.12. The number of ether oxygens (including phenoxy) is 2. The number of aromatic nitrogens is 2. The molecule has 4 aromatic carbocycles. The number of hydrogen-bond donors (Lipinski definition) is 0. The van der Waals surface area contributed by atoms with Crippen molar-refractivity contribution < 1.29 is 216 Å². The Labute approximate surface area is 711 Å². The molecule has 0 amide bonds. The zero-order chi connectivity index (χ0) is 72.1. The fourth-order valence-electron chi connectivity index (χ4n) is 17.1. The molecule has 556 valence electrons. The Morgan fingerprint density at radius 1 is 0.443 bits per heavy atom. The van der Waals surface area contributed by atoms with E-state index in [4.69, 9.17) is 29.4 Å². The minimum Gasteiger partial charge on any atom is -0.870 e. The fraction of sp³-hybridized carbons (Fsp3) is 0.507. The van der Waals surface area contributed by atoms with Crippen molar-refractivity contribution in [2.75, 3.05) is 102 Å². The van der Waals surface area contributed by atoms with Gasteiger partial charge in [-0.3, -0.25) is 6.29 Å². The number of benzene rings is 4. The summed E-state index contributed by atoms with van der Waals surface area (Å²) < 4.78 is 186. The number of quaternary nitrogens is 2. The number of hydrogen-bond acceptors (Lipinski definition) is 22. The Morgan fingerprint density at radius 2 is 0.792 bits per heavy atom. The average molecular weight is 1630 g/mol. The van der Waals surface area contributed by atoms with Crippen molar-refractivity contribution in [3.63, 3.8) is 0 Å². The maximum atomic E-state index is 12.3. The molecule has 1 N–H and O–H groups in total. The van der Waals surface area contributed by atoms with Crippen LogP contribution in [-0.4, -0.2) is 239 Å². The van der Waals surface area contributed by atoms with Crippen molar-refractivity contribution in [2.24, 2.45) is 20.0 Å². The second-order valence-corrected chi connectivity index (χ2v) is 49.4. The minimum absolute atomic E-state index is 0. The molecule has 1 spiro atoms. The Hall–Kier alpha value is -2.08. The number of fused-ring (bicyclic) bond motifs is 12. The van der Waals surface area contributed by atoms with Gasteiger partial charge in [-0.05, 0) is 0 Å². The summed E-state index contributed by atoms with van der Waals surface area (Å²) >= 11 is 0. The van der Waals surface area contributed by atoms with Gasteiger partial charge in [0.25, 0.3) is 0 Å². The van der Waals surface area contributed by atoms with Crippen molar-refractivity contribution >= 4 is 128 Å². The number of carbonyl (C=O) groups excluding carboxylic acids is 1. The Balaban J connectivity index is 0.00000314. The van der Waals surface area contributed by atoms with E-state index in [1.165, 1.54) is 0 Å². The standard InChI is InChI=1S/C67H92N10O17S4Si3.4Na.H2O/c1-6-7-33-77(35-17-19-47-96(82,83)84,40-43-92-45-44-91-42-24-41-78)39-23-51-100(4,5)94-101(93-99(2,3)50-22-38-76(36-20-48-97(85,86)87,37-21-49-98(88,89)90)34-16-18-46-95(79,80)81)72-60-52-25-8-9-26-53(52)61(72)69-63-56-29-12-13-30-57(56)65(74(63)101)71-67-59-32-15-14-31-58(59)66(75(67)101)70-64-55-28-11-10-27-54(55)62(68-60)73(64)101;;;;;/h8-15,25-32H,6-7,16-24,33-40,42-51H2,1-5H3,(H3-,79,80,81,82,83,84,85,86,87,88,89,90);;;;;1H2/q;4*+1;/p-4. The Bertz CT molecular complexity index is 4880. The van der Waals surface area contributed by atoms with Gasteiger partial charge in [0.15, 0.2) is 0 Å². The van der Waals surface area contributed by atoms with E-state index in [9.17, 15) is 64.9 Å². The van der Waals surface area contributed by atoms with E-state index in [-0.39, 0.29) is 213 Å². The van der Waals surface area contributed by atoms with Gasteiger partial charge in [-0.15, -0.1) is 6.42 Å². The van der Waals surface area contributed by atoms with E-state index in [0.29, 0.717) is 108 Å². The van der Waals surface area contributed by atoms with Gasteiger partial charge in [0, 0.05) is 6.61 Å². The van der Waals surface area contributed by atoms with Gasteiger partial charge in [0.2, 0.25) is 0 Å². The SMILES string of the molecule is CCCC[N+](CCCCS(=O)(=O)[O-])(CCC[Si](C)(C)O[Si-2]123(O[Si](C)(C)CCC[N+](CCCCS(=O)(=O)[O-])(CCCS(=O)(=O)[O-])CCCS(=O)(=O)[O-])n4c5c6ccccc6c4N=C4c6ccccc6C(=[N+]41)N=c1c4ccccc4c(n12)=NC1=[N+]3C(=N5)c2ccccc21)CCOCCOCC[C-]=O.[Na+].[Na+].[Na+].[Na+].[OH-]. The van der Waals surface area contributed by atoms with Crippen LogP contribution in [0.3, 0.4) is 0 Å². The van der Waals surface area contributed by atoms with Gasteiger partial charge >= 0.3 is 690 Å². The quantitative estimate of drug-likeness (QED) is 0.0113. The third kappa shape index (κ3) is 17.4. The first-order valence-corrected chi connectivity index (χ1v) is 50.1. The molecule has 2 aromatic heterocycles. The zero-order valence-electron chi connectivity index (χ0n) is 62.2. The molecular formula is C67H90N10Na4O18S4Si3. The molecule has 6 aliphatic rings. The molecule has 0 fully saturated rings. The molecule has 28 nitrogen and oxygen atoms in total. The van der Waals surface area contributed by atoms with Crippen LogP contribution in [0, 0.1) is 0 Å². The summed E-state index contributed by atoms with van der Waals surface area (Å²) in [5, 5.41) is 3.07. The first-order chi connectivity index (χ1) is 47.8. The van der Waals surface area contributed by atoms with Gasteiger partial charge in [0.1, 0.15) is 0 Å². The summed E-state index contributed by atoms with van der Waals surface area (Å²) in [6.07, 6.45) is 5.16. The van der Waals surface area contributed by atoms with Crippen LogP contribution in [-0.2, 0) is 63.0 Å². The van der Waals surface area contributed by atoms with E-state index in [1.54, 1.807) is 0 Å². The average Bonchev–Trinajstić information content (AvgIpc) is 1.30. The molecule has 106 heavy (non-hydrogen) atoms. The van der Waals surface area contributed by atoms with Crippen molar-refractivity contribution in [3.05, 3.63) is 130 Å². The van der Waals surface area contributed by atoms with E-state index in [2.05, 4.69) is 50.1 Å². The van der Waals surface area contributed by atoms with E-state index < -0.39 is 87.9 Å². The number of amidine groups is 4. The van der Waals surface area contributed by atoms with Gasteiger partial charge < -0.3 is 10.3 Å². The monoisotopic (exact) mass is 1630 g/mol. The van der Waals surface area contributed by atoms with Crippen LogP contribution in [0.4, 0.5) is 11.6 Å². The molecule has 0 aliphatic carbocycles. The summed E-state index contributed by atoms with van der Waals surface area (Å²) in [4.78, 5) is 34.3. The smallest absolute Gasteiger partial charge is 0.870 e. The molecular weight excluding hydrogens is 1540 g/mol. The van der Waals surface area contributed by atoms with Gasteiger partial charge in [0.05, 0.1) is 0 Å². The van der Waals surface area contributed by atoms with E-state index in [1.807, 2.05) is 103 Å². The van der Waals surface area contributed by atoms with Crippen LogP contribution < -0.4 is 129 Å². The molecule has 0 saturated carbocycles. The van der Waals surface area contributed by atoms with Crippen LogP contribution in [0.2, 0.25) is 38.3 Å². The summed E-state index contributed by atoms with van der Waals surface area (Å²) in [5.41, 5.74) is 4.12. The Kier molecular flexibility index (Phi) is 30.0. The molecule has 0 bridgehead atoms. The number of unbranched alkanes of at least 4 members (excludes halogenated alkanes) is 3. The van der Waals surface area contributed by atoms with Crippen LogP contribution in [0.1, 0.15) is 99.8 Å². The third-order valence-corrected chi connectivity index (χ3v) is 40.8. The first-order valence-electron chi connectivity index (χ1n) is 34.9. The molecule has 0 radical (unpaired) electrons. The number of nitrogens with zero attached hydrogens (tertiary/aromatic N) is 10. The molecule has 0 saturated heterocycles. The van der Waals surface area contributed by atoms with Gasteiger partial charge in [-0.1, -0.05) is 0 Å². The summed E-state index contributed by atoms with van der Waals surface area (Å²) in [7, 11) is -33.3. The first kappa shape index (κ1) is 91.1. The van der Waals surface area contributed by atoms with Crippen LogP contribution in [0.25, 0.3) is 21.5 Å². The zero-order valence-corrected chi connectivity index (χ0v) is 76.5. The van der Waals surface area contributed by atoms with Crippen LogP contribution >= 0.6 is 0 Å². The molecule has 1 atom stereocenters. The summed E-state index contributed by atoms with van der Waals surface area (Å²) in [6, 6.07) is 33.0. The number of aliphatic imine (C=N–C) groups is 2. The summed E-state index contributed by atoms with van der Waals surface area (Å²) in [5.74, 6) is 0.514. The van der Waals surface area contributed by atoms with Crippen molar-refractivity contribution in [1.29, 1.82) is 0 Å². The van der Waals surface area contributed by atoms with Crippen molar-refractivity contribution in [1.82, 2.24) is 8.47 Å². The van der Waals surface area contributed by atoms with Crippen LogP contribution in [0.15, 0.2) is 117 Å². The molecule has 6 aliphatic heterocycles. The van der Waals surface area contributed by atoms with Gasteiger partial charge in [-0.25, -0.2) is 0 Å². The predicted molar refractivity (Wildman–Crippen MR) is 387 cm³/mol. The maximum absolute atomic E-state index is 12.3.